The third-order valence-corrected chi connectivity index (χ3v) is 5.45. The van der Waals surface area contributed by atoms with Crippen molar-refractivity contribution < 1.29 is 9.18 Å². The maximum Gasteiger partial charge on any atom is 0.224 e. The second-order valence-corrected chi connectivity index (χ2v) is 7.08. The molecular weight excluding hydrogens is 355 g/mol. The molecule has 2 aromatic rings. The predicted molar refractivity (Wildman–Crippen MR) is 99.6 cm³/mol. The largest absolute Gasteiger partial charge is 0.340 e. The molecule has 1 aromatic carbocycles. The summed E-state index contributed by atoms with van der Waals surface area (Å²) in [6.45, 7) is 7.75. The van der Waals surface area contributed by atoms with Crippen molar-refractivity contribution in [1.82, 2.24) is 19.6 Å². The minimum Gasteiger partial charge on any atom is -0.340 e. The first-order valence-corrected chi connectivity index (χ1v) is 9.26. The highest BCUT2D eigenvalue weighted by Gasteiger charge is 2.22. The first-order valence-electron chi connectivity index (χ1n) is 8.88. The van der Waals surface area contributed by atoms with Crippen LogP contribution in [0.2, 0.25) is 5.02 Å². The fourth-order valence-electron chi connectivity index (χ4n) is 3.28. The van der Waals surface area contributed by atoms with Crippen LogP contribution in [0.3, 0.4) is 0 Å². The number of hydrogen-bond acceptors (Lipinski definition) is 3. The molecule has 5 nitrogen and oxygen atoms in total. The summed E-state index contributed by atoms with van der Waals surface area (Å²) in [5.74, 6) is -0.0474. The van der Waals surface area contributed by atoms with E-state index in [2.05, 4.69) is 10.00 Å². The van der Waals surface area contributed by atoms with Crippen molar-refractivity contribution in [3.63, 3.8) is 0 Å². The maximum absolute atomic E-state index is 13.8. The molecule has 3 rings (SSSR count). The number of hydrogen-bond donors (Lipinski definition) is 0. The van der Waals surface area contributed by atoms with E-state index in [9.17, 15) is 9.18 Å². The van der Waals surface area contributed by atoms with Crippen LogP contribution in [0.1, 0.15) is 23.4 Å². The van der Waals surface area contributed by atoms with Gasteiger partial charge in [-0.15, -0.1) is 0 Å². The van der Waals surface area contributed by atoms with E-state index >= 15 is 0 Å². The average molecular weight is 379 g/mol. The molecule has 1 saturated heterocycles. The van der Waals surface area contributed by atoms with Gasteiger partial charge in [-0.3, -0.25) is 14.4 Å². The maximum atomic E-state index is 13.8. The van der Waals surface area contributed by atoms with Crippen molar-refractivity contribution in [2.45, 2.75) is 33.4 Å². The molecule has 0 saturated carbocycles. The molecular formula is C19H24ClFN4O. The van der Waals surface area contributed by atoms with Crippen molar-refractivity contribution in [3.8, 4) is 0 Å². The van der Waals surface area contributed by atoms with Gasteiger partial charge in [0.2, 0.25) is 5.91 Å². The van der Waals surface area contributed by atoms with Crippen LogP contribution >= 0.6 is 11.6 Å². The van der Waals surface area contributed by atoms with Crippen molar-refractivity contribution in [3.05, 3.63) is 52.1 Å². The number of amides is 1. The van der Waals surface area contributed by atoms with E-state index in [1.54, 1.807) is 10.7 Å². The zero-order valence-electron chi connectivity index (χ0n) is 15.2. The van der Waals surface area contributed by atoms with Gasteiger partial charge in [-0.2, -0.15) is 5.10 Å². The molecule has 0 bridgehead atoms. The van der Waals surface area contributed by atoms with Crippen LogP contribution in [0, 0.1) is 19.7 Å². The van der Waals surface area contributed by atoms with E-state index in [-0.39, 0.29) is 11.7 Å². The Labute approximate surface area is 158 Å². The minimum atomic E-state index is -0.172. The van der Waals surface area contributed by atoms with Crippen molar-refractivity contribution in [2.24, 2.45) is 0 Å². The topological polar surface area (TPSA) is 41.4 Å². The number of aryl methyl sites for hydroxylation is 2. The fraction of sp³-hybridized carbons (Fsp3) is 0.474. The van der Waals surface area contributed by atoms with E-state index in [1.165, 1.54) is 6.07 Å². The first-order chi connectivity index (χ1) is 12.5. The fourth-order valence-corrected chi connectivity index (χ4v) is 3.41. The van der Waals surface area contributed by atoms with Gasteiger partial charge in [0.05, 0.1) is 23.0 Å². The Morgan fingerprint density at radius 1 is 1.19 bits per heavy atom. The van der Waals surface area contributed by atoms with Crippen molar-refractivity contribution in [1.29, 1.82) is 0 Å². The Balaban J connectivity index is 1.47. The minimum absolute atomic E-state index is 0.124. The molecule has 0 spiro atoms. The SMILES string of the molecule is Cc1nn(CCC(=O)N2CCN(Cc3ccccc3F)CC2)c(C)c1Cl. The van der Waals surface area contributed by atoms with Crippen LogP contribution in [0.15, 0.2) is 24.3 Å². The molecule has 0 atom stereocenters. The van der Waals surface area contributed by atoms with Gasteiger partial charge in [0.25, 0.3) is 0 Å². The number of halogens is 2. The molecule has 140 valence electrons. The number of rotatable bonds is 5. The van der Waals surface area contributed by atoms with E-state index in [1.807, 2.05) is 30.9 Å². The summed E-state index contributed by atoms with van der Waals surface area (Å²) < 4.78 is 15.6. The molecule has 0 aliphatic carbocycles. The van der Waals surface area contributed by atoms with Gasteiger partial charge in [0.1, 0.15) is 5.82 Å². The van der Waals surface area contributed by atoms with Gasteiger partial charge >= 0.3 is 0 Å². The van der Waals surface area contributed by atoms with Crippen LogP contribution in [0.5, 0.6) is 0 Å². The summed E-state index contributed by atoms with van der Waals surface area (Å²) in [6, 6.07) is 6.85. The first kappa shape index (κ1) is 18.9. The van der Waals surface area contributed by atoms with E-state index in [4.69, 9.17) is 11.6 Å². The van der Waals surface area contributed by atoms with Crippen LogP contribution in [0.25, 0.3) is 0 Å². The second-order valence-electron chi connectivity index (χ2n) is 6.71. The Morgan fingerprint density at radius 2 is 1.88 bits per heavy atom. The monoisotopic (exact) mass is 378 g/mol. The smallest absolute Gasteiger partial charge is 0.224 e. The molecule has 7 heteroatoms. The normalized spacial score (nSPS) is 15.5. The lowest BCUT2D eigenvalue weighted by Crippen LogP contribution is -2.48. The van der Waals surface area contributed by atoms with Crippen molar-refractivity contribution >= 4 is 17.5 Å². The molecule has 0 radical (unpaired) electrons. The number of piperazine rings is 1. The summed E-state index contributed by atoms with van der Waals surface area (Å²) in [7, 11) is 0. The Kier molecular flexibility index (Phi) is 5.94. The number of benzene rings is 1. The quantitative estimate of drug-likeness (QED) is 0.803. The molecule has 1 aliphatic rings. The van der Waals surface area contributed by atoms with E-state index in [0.717, 1.165) is 24.5 Å². The van der Waals surface area contributed by atoms with Gasteiger partial charge in [-0.25, -0.2) is 4.39 Å². The lowest BCUT2D eigenvalue weighted by atomic mass is 10.2. The third-order valence-electron chi connectivity index (χ3n) is 4.91. The number of aromatic nitrogens is 2. The zero-order valence-corrected chi connectivity index (χ0v) is 16.0. The lowest BCUT2D eigenvalue weighted by molar-refractivity contribution is -0.133. The summed E-state index contributed by atoms with van der Waals surface area (Å²) in [5.41, 5.74) is 2.39. The lowest BCUT2D eigenvalue weighted by Gasteiger charge is -2.34. The summed E-state index contributed by atoms with van der Waals surface area (Å²) in [6.07, 6.45) is 0.408. The number of carbonyl (C=O) groups is 1. The van der Waals surface area contributed by atoms with E-state index < -0.39 is 0 Å². The Bertz CT molecular complexity index is 784. The van der Waals surface area contributed by atoms with Gasteiger partial charge in [0.15, 0.2) is 0 Å². The molecule has 0 N–H and O–H groups in total. The highest BCUT2D eigenvalue weighted by atomic mass is 35.5. The summed E-state index contributed by atoms with van der Waals surface area (Å²) in [4.78, 5) is 16.5. The molecule has 0 unspecified atom stereocenters. The summed E-state index contributed by atoms with van der Waals surface area (Å²) in [5, 5.41) is 5.03. The number of nitrogens with zero attached hydrogens (tertiary/aromatic N) is 4. The predicted octanol–water partition coefficient (Wildman–Crippen LogP) is 3.03. The van der Waals surface area contributed by atoms with Crippen LogP contribution in [-0.4, -0.2) is 51.7 Å². The molecule has 1 fully saturated rings. The summed E-state index contributed by atoms with van der Waals surface area (Å²) >= 11 is 6.15. The van der Waals surface area contributed by atoms with Crippen LogP contribution in [-0.2, 0) is 17.9 Å². The van der Waals surface area contributed by atoms with Gasteiger partial charge in [0, 0.05) is 44.7 Å². The average Bonchev–Trinajstić information content (AvgIpc) is 2.89. The second kappa shape index (κ2) is 8.18. The van der Waals surface area contributed by atoms with Gasteiger partial charge < -0.3 is 4.90 Å². The molecule has 26 heavy (non-hydrogen) atoms. The van der Waals surface area contributed by atoms with E-state index in [0.29, 0.717) is 43.2 Å². The Morgan fingerprint density at radius 3 is 2.50 bits per heavy atom. The zero-order chi connectivity index (χ0) is 18.7. The molecule has 1 aromatic heterocycles. The third kappa shape index (κ3) is 4.24. The molecule has 1 amide bonds. The van der Waals surface area contributed by atoms with Crippen molar-refractivity contribution in [2.75, 3.05) is 26.2 Å². The Hall–Kier alpha value is -1.92. The number of carbonyl (C=O) groups excluding carboxylic acids is 1. The highest BCUT2D eigenvalue weighted by Crippen LogP contribution is 2.19. The molecule has 1 aliphatic heterocycles. The standard InChI is InChI=1S/C19H24ClFN4O/c1-14-19(20)15(2)25(22-14)8-7-18(26)24-11-9-23(10-12-24)13-16-5-3-4-6-17(16)21/h3-6H,7-13H2,1-2H3. The van der Waals surface area contributed by atoms with Crippen LogP contribution in [0.4, 0.5) is 4.39 Å². The molecule has 2 heterocycles. The highest BCUT2D eigenvalue weighted by molar-refractivity contribution is 6.31. The van der Waals surface area contributed by atoms with Crippen LogP contribution < -0.4 is 0 Å². The van der Waals surface area contributed by atoms with Gasteiger partial charge in [-0.1, -0.05) is 29.8 Å². The van der Waals surface area contributed by atoms with Gasteiger partial charge in [-0.05, 0) is 19.9 Å².